The van der Waals surface area contributed by atoms with Crippen molar-refractivity contribution in [3.63, 3.8) is 0 Å². The van der Waals surface area contributed by atoms with Gasteiger partial charge in [-0.3, -0.25) is 10.1 Å². The van der Waals surface area contributed by atoms with Crippen molar-refractivity contribution in [3.8, 4) is 0 Å². The van der Waals surface area contributed by atoms with Crippen molar-refractivity contribution in [1.29, 1.82) is 0 Å². The molecule has 6 nitrogen and oxygen atoms in total. The second-order valence-electron chi connectivity index (χ2n) is 4.76. The van der Waals surface area contributed by atoms with Crippen LogP contribution >= 0.6 is 11.8 Å². The minimum Gasteiger partial charge on any atom is -0.378 e. The molecule has 3 heterocycles. The molecule has 2 aliphatic heterocycles. The number of nitrogens with one attached hydrogen (secondary N) is 2. The zero-order valence-electron chi connectivity index (χ0n) is 11.2. The minimum absolute atomic E-state index is 0.0124. The van der Waals surface area contributed by atoms with Crippen molar-refractivity contribution in [1.82, 2.24) is 10.3 Å². The summed E-state index contributed by atoms with van der Waals surface area (Å²) in [6.07, 6.45) is 1.80. The number of carbonyl (C=O) groups excluding carboxylic acids is 1. The fourth-order valence-corrected chi connectivity index (χ4v) is 3.19. The summed E-state index contributed by atoms with van der Waals surface area (Å²) in [4.78, 5) is 18.5. The number of nitrogens with zero attached hydrogens (tertiary/aromatic N) is 2. The number of amides is 1. The SMILES string of the molecule is O=C(Nc1ccc(N2CCOCC2)cn1)C1CSCN1. The minimum atomic E-state index is -0.110. The molecule has 1 atom stereocenters. The molecular weight excluding hydrogens is 276 g/mol. The predicted octanol–water partition coefficient (Wildman–Crippen LogP) is 0.519. The molecule has 20 heavy (non-hydrogen) atoms. The standard InChI is InChI=1S/C13H18N4O2S/c18-13(11-8-20-9-15-11)16-12-2-1-10(7-14-12)17-3-5-19-6-4-17/h1-2,7,11,15H,3-6,8-9H2,(H,14,16,18). The lowest BCUT2D eigenvalue weighted by atomic mass is 10.3. The molecule has 0 aliphatic carbocycles. The lowest BCUT2D eigenvalue weighted by Gasteiger charge is -2.28. The Morgan fingerprint density at radius 2 is 2.30 bits per heavy atom. The molecule has 1 amide bonds. The van der Waals surface area contributed by atoms with E-state index in [0.717, 1.165) is 43.6 Å². The largest absolute Gasteiger partial charge is 0.378 e. The van der Waals surface area contributed by atoms with Gasteiger partial charge in [0.2, 0.25) is 5.91 Å². The summed E-state index contributed by atoms with van der Waals surface area (Å²) in [5.41, 5.74) is 1.07. The predicted molar refractivity (Wildman–Crippen MR) is 80.1 cm³/mol. The monoisotopic (exact) mass is 294 g/mol. The van der Waals surface area contributed by atoms with Gasteiger partial charge in [0.25, 0.3) is 0 Å². The Morgan fingerprint density at radius 3 is 2.95 bits per heavy atom. The smallest absolute Gasteiger partial charge is 0.243 e. The fourth-order valence-electron chi connectivity index (χ4n) is 2.25. The van der Waals surface area contributed by atoms with Crippen LogP contribution in [0.4, 0.5) is 11.5 Å². The summed E-state index contributed by atoms with van der Waals surface area (Å²) in [5.74, 6) is 2.24. The Morgan fingerprint density at radius 1 is 1.45 bits per heavy atom. The zero-order valence-corrected chi connectivity index (χ0v) is 12.0. The highest BCUT2D eigenvalue weighted by Gasteiger charge is 2.22. The highest BCUT2D eigenvalue weighted by atomic mass is 32.2. The van der Waals surface area contributed by atoms with E-state index in [1.54, 1.807) is 18.0 Å². The van der Waals surface area contributed by atoms with Crippen LogP contribution in [0.15, 0.2) is 18.3 Å². The number of pyridine rings is 1. The normalized spacial score (nSPS) is 22.8. The van der Waals surface area contributed by atoms with Gasteiger partial charge in [-0.15, -0.1) is 11.8 Å². The zero-order chi connectivity index (χ0) is 13.8. The second kappa shape index (κ2) is 6.43. The molecule has 0 saturated carbocycles. The van der Waals surface area contributed by atoms with Gasteiger partial charge in [-0.05, 0) is 12.1 Å². The Bertz CT molecular complexity index is 456. The quantitative estimate of drug-likeness (QED) is 0.847. The third-order valence-electron chi connectivity index (χ3n) is 3.41. The molecule has 0 aromatic carbocycles. The molecule has 7 heteroatoms. The molecule has 2 N–H and O–H groups in total. The van der Waals surface area contributed by atoms with Crippen LogP contribution < -0.4 is 15.5 Å². The maximum Gasteiger partial charge on any atom is 0.243 e. The van der Waals surface area contributed by atoms with Gasteiger partial charge in [0.1, 0.15) is 5.82 Å². The van der Waals surface area contributed by atoms with Crippen LogP contribution in [0, 0.1) is 0 Å². The Labute approximate surface area is 122 Å². The number of carbonyl (C=O) groups is 1. The van der Waals surface area contributed by atoms with Gasteiger partial charge in [0.15, 0.2) is 0 Å². The second-order valence-corrected chi connectivity index (χ2v) is 5.79. The van der Waals surface area contributed by atoms with Crippen molar-refractivity contribution in [2.45, 2.75) is 6.04 Å². The third-order valence-corrected chi connectivity index (χ3v) is 4.35. The fraction of sp³-hybridized carbons (Fsp3) is 0.538. The number of ether oxygens (including phenoxy) is 1. The van der Waals surface area contributed by atoms with Crippen molar-refractivity contribution >= 4 is 29.2 Å². The highest BCUT2D eigenvalue weighted by Crippen LogP contribution is 2.17. The molecule has 0 spiro atoms. The van der Waals surface area contributed by atoms with Gasteiger partial charge in [0.05, 0.1) is 31.1 Å². The number of anilines is 2. The highest BCUT2D eigenvalue weighted by molar-refractivity contribution is 7.99. The van der Waals surface area contributed by atoms with E-state index >= 15 is 0 Å². The number of hydrogen-bond acceptors (Lipinski definition) is 6. The van der Waals surface area contributed by atoms with Crippen molar-refractivity contribution in [2.75, 3.05) is 48.1 Å². The lowest BCUT2D eigenvalue weighted by molar-refractivity contribution is -0.117. The number of rotatable bonds is 3. The van der Waals surface area contributed by atoms with Gasteiger partial charge < -0.3 is 15.0 Å². The summed E-state index contributed by atoms with van der Waals surface area (Å²) in [7, 11) is 0. The first-order chi connectivity index (χ1) is 9.83. The van der Waals surface area contributed by atoms with E-state index in [2.05, 4.69) is 20.5 Å². The van der Waals surface area contributed by atoms with Crippen LogP contribution in [0.2, 0.25) is 0 Å². The molecule has 0 radical (unpaired) electrons. The average molecular weight is 294 g/mol. The molecule has 1 unspecified atom stereocenters. The molecule has 0 bridgehead atoms. The maximum absolute atomic E-state index is 11.9. The van der Waals surface area contributed by atoms with Gasteiger partial charge in [-0.1, -0.05) is 0 Å². The third kappa shape index (κ3) is 3.23. The van der Waals surface area contributed by atoms with Crippen molar-refractivity contribution in [2.24, 2.45) is 0 Å². The lowest BCUT2D eigenvalue weighted by Crippen LogP contribution is -2.38. The van der Waals surface area contributed by atoms with Gasteiger partial charge in [-0.25, -0.2) is 4.98 Å². The Balaban J connectivity index is 1.59. The molecular formula is C13H18N4O2S. The summed E-state index contributed by atoms with van der Waals surface area (Å²) in [6.45, 7) is 3.28. The topological polar surface area (TPSA) is 66.5 Å². The number of hydrogen-bond donors (Lipinski definition) is 2. The van der Waals surface area contributed by atoms with Crippen molar-refractivity contribution < 1.29 is 9.53 Å². The maximum atomic E-state index is 11.9. The number of thioether (sulfide) groups is 1. The summed E-state index contributed by atoms with van der Waals surface area (Å²) in [5, 5.41) is 5.99. The molecule has 3 rings (SSSR count). The van der Waals surface area contributed by atoms with E-state index < -0.39 is 0 Å². The van der Waals surface area contributed by atoms with E-state index in [4.69, 9.17) is 4.74 Å². The van der Waals surface area contributed by atoms with Gasteiger partial charge >= 0.3 is 0 Å². The van der Waals surface area contributed by atoms with E-state index in [1.807, 2.05) is 12.1 Å². The first kappa shape index (κ1) is 13.7. The van der Waals surface area contributed by atoms with Crippen LogP contribution in [0.1, 0.15) is 0 Å². The Kier molecular flexibility index (Phi) is 4.39. The van der Waals surface area contributed by atoms with E-state index in [0.29, 0.717) is 5.82 Å². The molecule has 2 fully saturated rings. The summed E-state index contributed by atoms with van der Waals surface area (Å²) < 4.78 is 5.33. The summed E-state index contributed by atoms with van der Waals surface area (Å²) in [6, 6.07) is 3.73. The molecule has 2 saturated heterocycles. The van der Waals surface area contributed by atoms with E-state index in [1.165, 1.54) is 0 Å². The average Bonchev–Trinajstić information content (AvgIpc) is 3.03. The van der Waals surface area contributed by atoms with Crippen LogP contribution in [0.25, 0.3) is 0 Å². The molecule has 2 aliphatic rings. The van der Waals surface area contributed by atoms with Gasteiger partial charge in [0, 0.05) is 24.7 Å². The van der Waals surface area contributed by atoms with Crippen LogP contribution in [-0.4, -0.2) is 54.9 Å². The Hall–Kier alpha value is -1.31. The first-order valence-electron chi connectivity index (χ1n) is 6.74. The van der Waals surface area contributed by atoms with Crippen molar-refractivity contribution in [3.05, 3.63) is 18.3 Å². The summed E-state index contributed by atoms with van der Waals surface area (Å²) >= 11 is 1.73. The first-order valence-corrected chi connectivity index (χ1v) is 7.89. The van der Waals surface area contributed by atoms with Crippen LogP contribution in [0.5, 0.6) is 0 Å². The van der Waals surface area contributed by atoms with Gasteiger partial charge in [-0.2, -0.15) is 0 Å². The van der Waals surface area contributed by atoms with Crippen LogP contribution in [-0.2, 0) is 9.53 Å². The van der Waals surface area contributed by atoms with E-state index in [-0.39, 0.29) is 11.9 Å². The van der Waals surface area contributed by atoms with Crippen LogP contribution in [0.3, 0.4) is 0 Å². The molecule has 1 aromatic rings. The number of morpholine rings is 1. The van der Waals surface area contributed by atoms with E-state index in [9.17, 15) is 4.79 Å². The number of aromatic nitrogens is 1. The molecule has 1 aromatic heterocycles. The molecule has 108 valence electrons.